The third kappa shape index (κ3) is 3.58. The molecule has 0 atom stereocenters. The lowest BCUT2D eigenvalue weighted by Crippen LogP contribution is -2.13. The second kappa shape index (κ2) is 5.74. The third-order valence-corrected chi connectivity index (χ3v) is 2.67. The van der Waals surface area contributed by atoms with Gasteiger partial charge in [-0.15, -0.1) is 23.2 Å². The number of rotatable bonds is 4. The molecule has 0 aliphatic heterocycles. The van der Waals surface area contributed by atoms with Crippen molar-refractivity contribution in [2.45, 2.75) is 26.8 Å². The molecule has 0 aromatic carbocycles. The summed E-state index contributed by atoms with van der Waals surface area (Å²) in [5.41, 5.74) is 3.03. The highest BCUT2D eigenvalue weighted by Gasteiger charge is 1.98. The van der Waals surface area contributed by atoms with Crippen molar-refractivity contribution in [1.29, 1.82) is 0 Å². The lowest BCUT2D eigenvalue weighted by Gasteiger charge is -1.99. The highest BCUT2D eigenvalue weighted by atomic mass is 32.1. The lowest BCUT2D eigenvalue weighted by molar-refractivity contribution is 0.705. The molecule has 0 saturated carbocycles. The van der Waals surface area contributed by atoms with Crippen molar-refractivity contribution >= 4 is 11.3 Å². The predicted molar refractivity (Wildman–Crippen MR) is 56.6 cm³/mol. The monoisotopic (exact) mass is 194 g/mol. The van der Waals surface area contributed by atoms with E-state index in [9.17, 15) is 0 Å². The van der Waals surface area contributed by atoms with E-state index in [1.54, 1.807) is 11.3 Å². The summed E-state index contributed by atoms with van der Waals surface area (Å²) in [6.45, 7) is 5.78. The van der Waals surface area contributed by atoms with Crippen LogP contribution in [0, 0.1) is 18.8 Å². The summed E-state index contributed by atoms with van der Waals surface area (Å²) in [4.78, 5) is 5.51. The van der Waals surface area contributed by atoms with Crippen LogP contribution in [0.2, 0.25) is 0 Å². The van der Waals surface area contributed by atoms with Gasteiger partial charge in [0.2, 0.25) is 0 Å². The zero-order valence-corrected chi connectivity index (χ0v) is 8.87. The minimum absolute atomic E-state index is 0.919. The van der Waals surface area contributed by atoms with Crippen LogP contribution in [0.1, 0.15) is 23.9 Å². The van der Waals surface area contributed by atoms with Gasteiger partial charge in [0, 0.05) is 24.4 Å². The van der Waals surface area contributed by atoms with E-state index >= 15 is 0 Å². The van der Waals surface area contributed by atoms with Gasteiger partial charge in [0.25, 0.3) is 0 Å². The number of aromatic nitrogens is 1. The fourth-order valence-electron chi connectivity index (χ4n) is 0.974. The Labute approximate surface area is 83.4 Å². The Hall–Kier alpha value is -0.850. The molecule has 0 aliphatic carbocycles. The van der Waals surface area contributed by atoms with Gasteiger partial charge < -0.3 is 5.32 Å². The predicted octanol–water partition coefficient (Wildman–Crippen LogP) is 1.95. The first-order valence-electron chi connectivity index (χ1n) is 4.34. The molecule has 2 nitrogen and oxygen atoms in total. The Morgan fingerprint density at radius 1 is 1.62 bits per heavy atom. The van der Waals surface area contributed by atoms with E-state index in [1.165, 1.54) is 4.88 Å². The molecule has 0 unspecified atom stereocenters. The summed E-state index contributed by atoms with van der Waals surface area (Å²) in [6.07, 6.45) is 0.925. The molecule has 0 fully saturated rings. The molecule has 1 aromatic rings. The van der Waals surface area contributed by atoms with Crippen LogP contribution in [0.3, 0.4) is 0 Å². The molecule has 70 valence electrons. The second-order valence-corrected chi connectivity index (χ2v) is 3.65. The Morgan fingerprint density at radius 2 is 2.46 bits per heavy atom. The minimum Gasteiger partial charge on any atom is -0.311 e. The van der Waals surface area contributed by atoms with Gasteiger partial charge in [-0.1, -0.05) is 0 Å². The number of aryl methyl sites for hydroxylation is 1. The first-order valence-corrected chi connectivity index (χ1v) is 5.22. The van der Waals surface area contributed by atoms with Crippen molar-refractivity contribution in [3.8, 4) is 11.8 Å². The van der Waals surface area contributed by atoms with E-state index in [2.05, 4.69) is 22.1 Å². The van der Waals surface area contributed by atoms with E-state index in [0.717, 1.165) is 25.2 Å². The van der Waals surface area contributed by atoms with Gasteiger partial charge in [0.15, 0.2) is 0 Å². The van der Waals surface area contributed by atoms with E-state index in [1.807, 2.05) is 19.4 Å². The van der Waals surface area contributed by atoms with E-state index in [4.69, 9.17) is 0 Å². The molecular weight excluding hydrogens is 180 g/mol. The number of hydrogen-bond donors (Lipinski definition) is 1. The van der Waals surface area contributed by atoms with Crippen molar-refractivity contribution in [2.75, 3.05) is 6.54 Å². The highest BCUT2D eigenvalue weighted by molar-refractivity contribution is 7.09. The van der Waals surface area contributed by atoms with Gasteiger partial charge in [-0.3, -0.25) is 0 Å². The van der Waals surface area contributed by atoms with Crippen molar-refractivity contribution in [3.05, 3.63) is 16.1 Å². The standard InChI is InChI=1S/C10H14N2S/c1-3-4-5-6-11-7-10-9(2)12-8-13-10/h8,11H,5-7H2,1-2H3. The van der Waals surface area contributed by atoms with Gasteiger partial charge in [0.1, 0.15) is 0 Å². The number of thiazole rings is 1. The molecular formula is C10H14N2S. The Morgan fingerprint density at radius 3 is 3.08 bits per heavy atom. The Kier molecular flexibility index (Phi) is 4.52. The summed E-state index contributed by atoms with van der Waals surface area (Å²) < 4.78 is 0. The molecule has 0 saturated heterocycles. The lowest BCUT2D eigenvalue weighted by atomic mass is 10.3. The molecule has 1 N–H and O–H groups in total. The third-order valence-electron chi connectivity index (χ3n) is 1.73. The average Bonchev–Trinajstić information content (AvgIpc) is 2.52. The summed E-state index contributed by atoms with van der Waals surface area (Å²) in [7, 11) is 0. The quantitative estimate of drug-likeness (QED) is 0.585. The van der Waals surface area contributed by atoms with Crippen LogP contribution in [0.15, 0.2) is 5.51 Å². The molecule has 0 radical (unpaired) electrons. The molecule has 1 heterocycles. The maximum Gasteiger partial charge on any atom is 0.0798 e. The summed E-state index contributed by atoms with van der Waals surface area (Å²) >= 11 is 1.70. The fourth-order valence-corrected chi connectivity index (χ4v) is 1.72. The normalized spacial score (nSPS) is 9.38. The molecule has 0 bridgehead atoms. The highest BCUT2D eigenvalue weighted by Crippen LogP contribution is 2.10. The van der Waals surface area contributed by atoms with Gasteiger partial charge >= 0.3 is 0 Å². The van der Waals surface area contributed by atoms with Gasteiger partial charge in [-0.2, -0.15) is 0 Å². The van der Waals surface area contributed by atoms with Crippen LogP contribution in [0.25, 0.3) is 0 Å². The van der Waals surface area contributed by atoms with E-state index < -0.39 is 0 Å². The number of hydrogen-bond acceptors (Lipinski definition) is 3. The van der Waals surface area contributed by atoms with Gasteiger partial charge in [0.05, 0.1) is 11.2 Å². The molecule has 13 heavy (non-hydrogen) atoms. The summed E-state index contributed by atoms with van der Waals surface area (Å²) in [5, 5.41) is 3.33. The van der Waals surface area contributed by atoms with Crippen LogP contribution in [0.5, 0.6) is 0 Å². The Bertz CT molecular complexity index is 306. The second-order valence-electron chi connectivity index (χ2n) is 2.71. The van der Waals surface area contributed by atoms with Crippen LogP contribution >= 0.6 is 11.3 Å². The van der Waals surface area contributed by atoms with Crippen LogP contribution in [-0.4, -0.2) is 11.5 Å². The molecule has 0 spiro atoms. The summed E-state index contributed by atoms with van der Waals surface area (Å²) in [6, 6.07) is 0. The SMILES string of the molecule is CC#CCCNCc1scnc1C. The van der Waals surface area contributed by atoms with Crippen molar-refractivity contribution in [2.24, 2.45) is 0 Å². The smallest absolute Gasteiger partial charge is 0.0798 e. The maximum atomic E-state index is 4.18. The summed E-state index contributed by atoms with van der Waals surface area (Å²) in [5.74, 6) is 5.89. The maximum absolute atomic E-state index is 4.18. The van der Waals surface area contributed by atoms with Crippen LogP contribution < -0.4 is 5.32 Å². The molecule has 0 amide bonds. The Balaban J connectivity index is 2.19. The molecule has 1 rings (SSSR count). The van der Waals surface area contributed by atoms with E-state index in [-0.39, 0.29) is 0 Å². The topological polar surface area (TPSA) is 24.9 Å². The van der Waals surface area contributed by atoms with Gasteiger partial charge in [-0.25, -0.2) is 4.98 Å². The fraction of sp³-hybridized carbons (Fsp3) is 0.500. The molecule has 0 aliphatic rings. The van der Waals surface area contributed by atoms with E-state index in [0.29, 0.717) is 0 Å². The molecule has 1 aromatic heterocycles. The number of nitrogens with one attached hydrogen (secondary N) is 1. The first-order chi connectivity index (χ1) is 6.34. The van der Waals surface area contributed by atoms with Crippen LogP contribution in [-0.2, 0) is 6.54 Å². The van der Waals surface area contributed by atoms with Gasteiger partial charge in [-0.05, 0) is 13.8 Å². The average molecular weight is 194 g/mol. The van der Waals surface area contributed by atoms with Crippen molar-refractivity contribution in [3.63, 3.8) is 0 Å². The number of nitrogens with zero attached hydrogens (tertiary/aromatic N) is 1. The minimum atomic E-state index is 0.919. The van der Waals surface area contributed by atoms with Crippen molar-refractivity contribution in [1.82, 2.24) is 10.3 Å². The first kappa shape index (κ1) is 10.2. The van der Waals surface area contributed by atoms with Crippen LogP contribution in [0.4, 0.5) is 0 Å². The largest absolute Gasteiger partial charge is 0.311 e. The molecule has 3 heteroatoms. The van der Waals surface area contributed by atoms with Crippen molar-refractivity contribution < 1.29 is 0 Å². The zero-order chi connectivity index (χ0) is 9.52. The zero-order valence-electron chi connectivity index (χ0n) is 8.05.